The fraction of sp³-hybridized carbons (Fsp3) is 0.208. The van der Waals surface area contributed by atoms with Crippen LogP contribution in [-0.2, 0) is 30.5 Å². The molecule has 164 valence electrons. The second kappa shape index (κ2) is 9.38. The number of ether oxygens (including phenoxy) is 4. The van der Waals surface area contributed by atoms with Crippen LogP contribution in [0.4, 0.5) is 0 Å². The first-order valence-corrected chi connectivity index (χ1v) is 10.0. The first-order valence-electron chi connectivity index (χ1n) is 10.0. The van der Waals surface area contributed by atoms with Gasteiger partial charge in [0, 0.05) is 17.8 Å². The minimum absolute atomic E-state index is 0.122. The average Bonchev–Trinajstić information content (AvgIpc) is 3.24. The summed E-state index contributed by atoms with van der Waals surface area (Å²) < 4.78 is 21.1. The van der Waals surface area contributed by atoms with Gasteiger partial charge in [0.15, 0.2) is 11.5 Å². The molecular weight excluding hydrogens is 414 g/mol. The van der Waals surface area contributed by atoms with Crippen LogP contribution in [0, 0.1) is 5.92 Å². The summed E-state index contributed by atoms with van der Waals surface area (Å²) >= 11 is 0. The van der Waals surface area contributed by atoms with E-state index in [9.17, 15) is 14.4 Å². The van der Waals surface area contributed by atoms with Gasteiger partial charge in [0.1, 0.15) is 18.6 Å². The van der Waals surface area contributed by atoms with Crippen LogP contribution in [0.15, 0.2) is 66.4 Å². The van der Waals surface area contributed by atoms with Crippen LogP contribution in [0.2, 0.25) is 0 Å². The standard InChI is InChI=1S/C24H21NO7/c1-15(32-21(26)10-8-16-7-9-19-20(11-16)31-14-30-19)23-18(25-24(23)28)12-22(27)29-13-17-5-3-2-4-6-17/h2-12,15,23H,13-14H2,1H3,(H,25,28)/b10-8+,18-12-/t15-,23-/m1/s1. The van der Waals surface area contributed by atoms with Crippen molar-refractivity contribution in [1.29, 1.82) is 0 Å². The van der Waals surface area contributed by atoms with Crippen molar-refractivity contribution in [2.45, 2.75) is 19.6 Å². The van der Waals surface area contributed by atoms with Gasteiger partial charge in [-0.1, -0.05) is 36.4 Å². The summed E-state index contributed by atoms with van der Waals surface area (Å²) in [6, 6.07) is 14.5. The van der Waals surface area contributed by atoms with Crippen LogP contribution < -0.4 is 14.8 Å². The zero-order valence-electron chi connectivity index (χ0n) is 17.3. The minimum atomic E-state index is -0.758. The van der Waals surface area contributed by atoms with Gasteiger partial charge in [0.05, 0.1) is 0 Å². The first-order chi connectivity index (χ1) is 15.5. The highest BCUT2D eigenvalue weighted by Gasteiger charge is 2.40. The molecule has 8 heteroatoms. The fourth-order valence-electron chi connectivity index (χ4n) is 3.32. The molecular formula is C24H21NO7. The van der Waals surface area contributed by atoms with E-state index in [0.29, 0.717) is 17.2 Å². The van der Waals surface area contributed by atoms with Crippen LogP contribution in [0.25, 0.3) is 6.08 Å². The maximum Gasteiger partial charge on any atom is 0.332 e. The number of hydrogen-bond acceptors (Lipinski definition) is 7. The van der Waals surface area contributed by atoms with Crippen molar-refractivity contribution in [3.8, 4) is 11.5 Å². The van der Waals surface area contributed by atoms with Crippen LogP contribution >= 0.6 is 0 Å². The van der Waals surface area contributed by atoms with E-state index in [1.165, 1.54) is 12.2 Å². The molecule has 2 aromatic rings. The third kappa shape index (κ3) is 4.97. The Labute approximate surface area is 184 Å². The maximum atomic E-state index is 12.2. The predicted molar refractivity (Wildman–Crippen MR) is 113 cm³/mol. The average molecular weight is 435 g/mol. The quantitative estimate of drug-likeness (QED) is 0.405. The Morgan fingerprint density at radius 2 is 1.91 bits per heavy atom. The zero-order chi connectivity index (χ0) is 22.5. The lowest BCUT2D eigenvalue weighted by Gasteiger charge is -2.33. The third-order valence-corrected chi connectivity index (χ3v) is 4.96. The molecule has 2 aromatic carbocycles. The summed E-state index contributed by atoms with van der Waals surface area (Å²) in [6.07, 6.45) is 3.30. The highest BCUT2D eigenvalue weighted by Crippen LogP contribution is 2.32. The van der Waals surface area contributed by atoms with E-state index in [1.807, 2.05) is 30.3 Å². The highest BCUT2D eigenvalue weighted by molar-refractivity contribution is 5.96. The Morgan fingerprint density at radius 3 is 2.69 bits per heavy atom. The van der Waals surface area contributed by atoms with E-state index in [0.717, 1.165) is 11.1 Å². The molecule has 8 nitrogen and oxygen atoms in total. The molecule has 0 radical (unpaired) electrons. The number of benzene rings is 2. The van der Waals surface area contributed by atoms with Crippen molar-refractivity contribution in [2.24, 2.45) is 5.92 Å². The molecule has 0 aromatic heterocycles. The van der Waals surface area contributed by atoms with E-state index < -0.39 is 24.0 Å². The highest BCUT2D eigenvalue weighted by atomic mass is 16.7. The van der Waals surface area contributed by atoms with E-state index in [1.54, 1.807) is 31.2 Å². The van der Waals surface area contributed by atoms with Gasteiger partial charge >= 0.3 is 11.9 Å². The van der Waals surface area contributed by atoms with Crippen molar-refractivity contribution < 1.29 is 33.3 Å². The molecule has 1 saturated heterocycles. The largest absolute Gasteiger partial charge is 0.458 e. The van der Waals surface area contributed by atoms with E-state index >= 15 is 0 Å². The van der Waals surface area contributed by atoms with Crippen LogP contribution in [0.1, 0.15) is 18.1 Å². The monoisotopic (exact) mass is 435 g/mol. The summed E-state index contributed by atoms with van der Waals surface area (Å²) in [5, 5.41) is 2.54. The molecule has 32 heavy (non-hydrogen) atoms. The number of amides is 1. The van der Waals surface area contributed by atoms with Gasteiger partial charge in [0.2, 0.25) is 12.7 Å². The summed E-state index contributed by atoms with van der Waals surface area (Å²) in [4.78, 5) is 36.2. The number of carbonyl (C=O) groups is 3. The molecule has 2 atom stereocenters. The normalized spacial score (nSPS) is 18.7. The molecule has 4 rings (SSSR count). The molecule has 1 N–H and O–H groups in total. The molecule has 2 aliphatic heterocycles. The predicted octanol–water partition coefficient (Wildman–Crippen LogP) is 2.73. The number of carbonyl (C=O) groups excluding carboxylic acids is 3. The lowest BCUT2D eigenvalue weighted by atomic mass is 9.90. The summed E-state index contributed by atoms with van der Waals surface area (Å²) in [7, 11) is 0. The van der Waals surface area contributed by atoms with Crippen molar-refractivity contribution in [3.63, 3.8) is 0 Å². The number of β-lactam (4-membered cyclic amide) rings is 1. The lowest BCUT2D eigenvalue weighted by molar-refractivity contribution is -0.148. The second-order valence-corrected chi connectivity index (χ2v) is 7.25. The van der Waals surface area contributed by atoms with Crippen molar-refractivity contribution >= 4 is 23.9 Å². The fourth-order valence-corrected chi connectivity index (χ4v) is 3.32. The Kier molecular flexibility index (Phi) is 6.21. The van der Waals surface area contributed by atoms with Gasteiger partial charge in [-0.2, -0.15) is 0 Å². The zero-order valence-corrected chi connectivity index (χ0v) is 17.3. The van der Waals surface area contributed by atoms with Crippen LogP contribution in [-0.4, -0.2) is 30.7 Å². The SMILES string of the molecule is C[C@@H](OC(=O)/C=C/c1ccc2c(c1)OCO2)[C@H]1C(=O)N/C1=C\C(=O)OCc1ccccc1. The smallest absolute Gasteiger partial charge is 0.332 e. The van der Waals surface area contributed by atoms with Gasteiger partial charge in [0.25, 0.3) is 0 Å². The Morgan fingerprint density at radius 1 is 1.12 bits per heavy atom. The van der Waals surface area contributed by atoms with Crippen LogP contribution in [0.3, 0.4) is 0 Å². The Hall–Kier alpha value is -4.07. The molecule has 0 bridgehead atoms. The molecule has 1 amide bonds. The summed E-state index contributed by atoms with van der Waals surface area (Å²) in [5.41, 5.74) is 1.94. The van der Waals surface area contributed by atoms with Gasteiger partial charge in [-0.05, 0) is 36.3 Å². The Bertz CT molecular complexity index is 1090. The van der Waals surface area contributed by atoms with E-state index in [-0.39, 0.29) is 19.3 Å². The summed E-state index contributed by atoms with van der Waals surface area (Å²) in [5.74, 6) is -1.02. The third-order valence-electron chi connectivity index (χ3n) is 4.96. The van der Waals surface area contributed by atoms with Gasteiger partial charge in [-0.3, -0.25) is 4.79 Å². The Balaban J connectivity index is 1.31. The molecule has 2 heterocycles. The molecule has 0 aliphatic carbocycles. The number of nitrogens with one attached hydrogen (secondary N) is 1. The topological polar surface area (TPSA) is 100 Å². The molecule has 0 saturated carbocycles. The van der Waals surface area contributed by atoms with Gasteiger partial charge in [-0.25, -0.2) is 9.59 Å². The van der Waals surface area contributed by atoms with Crippen molar-refractivity contribution in [2.75, 3.05) is 6.79 Å². The van der Waals surface area contributed by atoms with Gasteiger partial charge < -0.3 is 24.3 Å². The van der Waals surface area contributed by atoms with E-state index in [4.69, 9.17) is 18.9 Å². The number of fused-ring (bicyclic) bond motifs is 1. The second-order valence-electron chi connectivity index (χ2n) is 7.25. The molecule has 0 unspecified atom stereocenters. The maximum absolute atomic E-state index is 12.2. The lowest BCUT2D eigenvalue weighted by Crippen LogP contribution is -2.52. The van der Waals surface area contributed by atoms with Crippen molar-refractivity contribution in [1.82, 2.24) is 5.32 Å². The number of esters is 2. The molecule has 2 aliphatic rings. The van der Waals surface area contributed by atoms with Crippen LogP contribution in [0.5, 0.6) is 11.5 Å². The van der Waals surface area contributed by atoms with Gasteiger partial charge in [-0.15, -0.1) is 0 Å². The number of rotatable bonds is 7. The number of hydrogen-bond donors (Lipinski definition) is 1. The minimum Gasteiger partial charge on any atom is -0.458 e. The molecule has 0 spiro atoms. The van der Waals surface area contributed by atoms with E-state index in [2.05, 4.69) is 5.32 Å². The first kappa shape index (κ1) is 21.2. The summed E-state index contributed by atoms with van der Waals surface area (Å²) in [6.45, 7) is 1.89. The molecule has 1 fully saturated rings. The van der Waals surface area contributed by atoms with Crippen molar-refractivity contribution in [3.05, 3.63) is 77.5 Å².